The van der Waals surface area contributed by atoms with Crippen LogP contribution in [0.1, 0.15) is 44.9 Å². The molecular weight excluding hydrogens is 278 g/mol. The second-order valence-electron chi connectivity index (χ2n) is 5.58. The van der Waals surface area contributed by atoms with E-state index < -0.39 is 0 Å². The van der Waals surface area contributed by atoms with Gasteiger partial charge in [0.05, 0.1) is 6.54 Å². The molecule has 116 valence electrons. The molecule has 0 spiro atoms. The number of halogens is 1. The highest BCUT2D eigenvalue weighted by molar-refractivity contribution is 5.85. The van der Waals surface area contributed by atoms with Crippen molar-refractivity contribution in [2.75, 3.05) is 26.2 Å². The first-order valence-corrected chi connectivity index (χ1v) is 7.53. The average Bonchev–Trinajstić information content (AvgIpc) is 2.89. The molecule has 6 heteroatoms. The van der Waals surface area contributed by atoms with E-state index in [9.17, 15) is 9.59 Å². The fraction of sp³-hybridized carbons (Fsp3) is 0.857. The van der Waals surface area contributed by atoms with Crippen LogP contribution in [-0.4, -0.2) is 48.9 Å². The number of carbonyl (C=O) groups excluding carboxylic acids is 2. The lowest BCUT2D eigenvalue weighted by Crippen LogP contribution is -2.44. The molecule has 1 unspecified atom stereocenters. The van der Waals surface area contributed by atoms with Crippen molar-refractivity contribution in [3.8, 4) is 0 Å². The first-order valence-electron chi connectivity index (χ1n) is 7.53. The van der Waals surface area contributed by atoms with Crippen LogP contribution in [0.2, 0.25) is 0 Å². The number of nitrogens with zero attached hydrogens (tertiary/aromatic N) is 1. The van der Waals surface area contributed by atoms with E-state index in [0.717, 1.165) is 45.2 Å². The molecule has 2 saturated heterocycles. The Morgan fingerprint density at radius 1 is 1.25 bits per heavy atom. The monoisotopic (exact) mass is 303 g/mol. The maximum absolute atomic E-state index is 11.9. The van der Waals surface area contributed by atoms with Crippen LogP contribution in [0.4, 0.5) is 0 Å². The number of hydrogen-bond donors (Lipinski definition) is 2. The van der Waals surface area contributed by atoms with Gasteiger partial charge in [0.1, 0.15) is 0 Å². The molecule has 20 heavy (non-hydrogen) atoms. The molecule has 2 rings (SSSR count). The minimum atomic E-state index is -0.0253. The Bertz CT molecular complexity index is 320. The van der Waals surface area contributed by atoms with E-state index in [1.165, 1.54) is 6.42 Å². The molecule has 0 radical (unpaired) electrons. The Morgan fingerprint density at radius 3 is 2.80 bits per heavy atom. The Morgan fingerprint density at radius 2 is 2.05 bits per heavy atom. The molecule has 5 nitrogen and oxygen atoms in total. The van der Waals surface area contributed by atoms with Crippen molar-refractivity contribution in [3.05, 3.63) is 0 Å². The van der Waals surface area contributed by atoms with Crippen molar-refractivity contribution in [2.45, 2.75) is 51.0 Å². The highest BCUT2D eigenvalue weighted by Crippen LogP contribution is 2.11. The number of likely N-dealkylation sites (tertiary alicyclic amines) is 1. The van der Waals surface area contributed by atoms with Crippen LogP contribution < -0.4 is 10.6 Å². The Hall–Kier alpha value is -0.810. The third kappa shape index (κ3) is 5.67. The van der Waals surface area contributed by atoms with Gasteiger partial charge in [-0.15, -0.1) is 12.4 Å². The first kappa shape index (κ1) is 17.2. The predicted molar refractivity (Wildman–Crippen MR) is 80.9 cm³/mol. The van der Waals surface area contributed by atoms with E-state index in [2.05, 4.69) is 10.6 Å². The molecule has 1 atom stereocenters. The number of hydrogen-bond acceptors (Lipinski definition) is 3. The third-order valence-electron chi connectivity index (χ3n) is 3.96. The Kier molecular flexibility index (Phi) is 7.92. The highest BCUT2D eigenvalue weighted by atomic mass is 35.5. The van der Waals surface area contributed by atoms with Gasteiger partial charge >= 0.3 is 0 Å². The highest BCUT2D eigenvalue weighted by Gasteiger charge is 2.19. The predicted octanol–water partition coefficient (Wildman–Crippen LogP) is 1.07. The molecule has 2 aliphatic rings. The Balaban J connectivity index is 0.00000200. The maximum atomic E-state index is 11.9. The number of carbonyl (C=O) groups is 2. The van der Waals surface area contributed by atoms with Gasteiger partial charge in [-0.25, -0.2) is 0 Å². The van der Waals surface area contributed by atoms with Gasteiger partial charge < -0.3 is 15.5 Å². The van der Waals surface area contributed by atoms with E-state index in [4.69, 9.17) is 0 Å². The average molecular weight is 304 g/mol. The standard InChI is InChI=1S/C14H25N3O2.ClH/c18-13(16-10-12-6-5-8-15-12)11-17-9-4-2-1-3-7-14(17)19;/h12,15H,1-11H2,(H,16,18);1H. The van der Waals surface area contributed by atoms with Crippen LogP contribution >= 0.6 is 12.4 Å². The van der Waals surface area contributed by atoms with Gasteiger partial charge in [-0.1, -0.05) is 12.8 Å². The van der Waals surface area contributed by atoms with E-state index in [-0.39, 0.29) is 30.8 Å². The van der Waals surface area contributed by atoms with Gasteiger partial charge in [-0.2, -0.15) is 0 Å². The lowest BCUT2D eigenvalue weighted by molar-refractivity contribution is -0.136. The number of amides is 2. The van der Waals surface area contributed by atoms with Gasteiger partial charge in [0, 0.05) is 25.6 Å². The molecular formula is C14H26ClN3O2. The third-order valence-corrected chi connectivity index (χ3v) is 3.96. The van der Waals surface area contributed by atoms with E-state index in [1.807, 2.05) is 0 Å². The summed E-state index contributed by atoms with van der Waals surface area (Å²) in [6, 6.07) is 0.409. The van der Waals surface area contributed by atoms with Crippen LogP contribution in [0.25, 0.3) is 0 Å². The second-order valence-corrected chi connectivity index (χ2v) is 5.58. The van der Waals surface area contributed by atoms with E-state index >= 15 is 0 Å². The molecule has 0 aromatic carbocycles. The lowest BCUT2D eigenvalue weighted by atomic mass is 10.1. The van der Waals surface area contributed by atoms with Crippen molar-refractivity contribution >= 4 is 24.2 Å². The van der Waals surface area contributed by atoms with Crippen molar-refractivity contribution in [1.82, 2.24) is 15.5 Å². The summed E-state index contributed by atoms with van der Waals surface area (Å²) >= 11 is 0. The summed E-state index contributed by atoms with van der Waals surface area (Å²) in [6.45, 7) is 2.69. The summed E-state index contributed by atoms with van der Waals surface area (Å²) in [7, 11) is 0. The van der Waals surface area contributed by atoms with Gasteiger partial charge in [-0.05, 0) is 32.2 Å². The van der Waals surface area contributed by atoms with E-state index in [1.54, 1.807) is 4.90 Å². The molecule has 0 aromatic rings. The molecule has 0 aromatic heterocycles. The van der Waals surface area contributed by atoms with Crippen LogP contribution in [0.15, 0.2) is 0 Å². The Labute approximate surface area is 127 Å². The molecule has 2 amide bonds. The molecule has 2 N–H and O–H groups in total. The van der Waals surface area contributed by atoms with Crippen molar-refractivity contribution in [3.63, 3.8) is 0 Å². The van der Waals surface area contributed by atoms with Crippen molar-refractivity contribution in [1.29, 1.82) is 0 Å². The summed E-state index contributed by atoms with van der Waals surface area (Å²) in [5.41, 5.74) is 0. The summed E-state index contributed by atoms with van der Waals surface area (Å²) < 4.78 is 0. The van der Waals surface area contributed by atoms with Gasteiger partial charge in [0.25, 0.3) is 0 Å². The quantitative estimate of drug-likeness (QED) is 0.817. The topological polar surface area (TPSA) is 61.4 Å². The summed E-state index contributed by atoms with van der Waals surface area (Å²) in [5, 5.41) is 6.28. The van der Waals surface area contributed by atoms with Crippen molar-refractivity contribution < 1.29 is 9.59 Å². The molecule has 2 fully saturated rings. The fourth-order valence-electron chi connectivity index (χ4n) is 2.78. The zero-order valence-electron chi connectivity index (χ0n) is 12.0. The van der Waals surface area contributed by atoms with Crippen LogP contribution in [0.3, 0.4) is 0 Å². The maximum Gasteiger partial charge on any atom is 0.239 e. The van der Waals surface area contributed by atoms with Crippen LogP contribution in [0.5, 0.6) is 0 Å². The number of nitrogens with one attached hydrogen (secondary N) is 2. The minimum absolute atomic E-state index is 0. The summed E-state index contributed by atoms with van der Waals surface area (Å²) in [4.78, 5) is 25.5. The second kappa shape index (κ2) is 9.19. The lowest BCUT2D eigenvalue weighted by Gasteiger charge is -2.24. The molecule has 0 aliphatic carbocycles. The van der Waals surface area contributed by atoms with Gasteiger partial charge in [0.15, 0.2) is 0 Å². The molecule has 2 aliphatic heterocycles. The largest absolute Gasteiger partial charge is 0.353 e. The van der Waals surface area contributed by atoms with Crippen molar-refractivity contribution in [2.24, 2.45) is 0 Å². The SMILES string of the molecule is Cl.O=C(CN1CCCCCCC1=O)NCC1CCCN1. The molecule has 0 bridgehead atoms. The zero-order valence-corrected chi connectivity index (χ0v) is 12.8. The summed E-state index contributed by atoms with van der Waals surface area (Å²) in [6.07, 6.45) is 7.19. The fourth-order valence-corrected chi connectivity index (χ4v) is 2.78. The van der Waals surface area contributed by atoms with Gasteiger partial charge in [-0.3, -0.25) is 9.59 Å². The van der Waals surface area contributed by atoms with Crippen LogP contribution in [-0.2, 0) is 9.59 Å². The summed E-state index contributed by atoms with van der Waals surface area (Å²) in [5.74, 6) is 0.108. The molecule has 2 heterocycles. The zero-order chi connectivity index (χ0) is 13.5. The smallest absolute Gasteiger partial charge is 0.239 e. The van der Waals surface area contributed by atoms with Crippen LogP contribution in [0, 0.1) is 0 Å². The minimum Gasteiger partial charge on any atom is -0.353 e. The molecule has 0 saturated carbocycles. The number of rotatable bonds is 4. The first-order chi connectivity index (χ1) is 9.25. The normalized spacial score (nSPS) is 23.7. The van der Waals surface area contributed by atoms with E-state index in [0.29, 0.717) is 19.0 Å². The van der Waals surface area contributed by atoms with Gasteiger partial charge in [0.2, 0.25) is 11.8 Å².